The van der Waals surface area contributed by atoms with Crippen molar-refractivity contribution in [2.24, 2.45) is 0 Å². The summed E-state index contributed by atoms with van der Waals surface area (Å²) in [6.07, 6.45) is 3.13. The second-order valence-electron chi connectivity index (χ2n) is 5.57. The first-order valence-electron chi connectivity index (χ1n) is 7.17. The monoisotopic (exact) mass is 294 g/mol. The van der Waals surface area contributed by atoms with Crippen LogP contribution in [0, 0.1) is 0 Å². The summed E-state index contributed by atoms with van der Waals surface area (Å²) in [5.74, 6) is 0.430. The smallest absolute Gasteiger partial charge is 0.240 e. The number of halogens is 1. The maximum Gasteiger partial charge on any atom is 0.240 e. The molecule has 0 aliphatic carbocycles. The lowest BCUT2D eigenvalue weighted by molar-refractivity contribution is -0.132. The van der Waals surface area contributed by atoms with Gasteiger partial charge < -0.3 is 15.3 Å². The number of nitrogens with zero attached hydrogens (tertiary/aromatic N) is 1. The zero-order chi connectivity index (χ0) is 14.1. The van der Waals surface area contributed by atoms with Crippen LogP contribution >= 0.6 is 11.6 Å². The first-order valence-corrected chi connectivity index (χ1v) is 7.55. The van der Waals surface area contributed by atoms with Crippen LogP contribution < -0.4 is 5.32 Å². The fraction of sp³-hybridized carbons (Fsp3) is 0.533. The van der Waals surface area contributed by atoms with Gasteiger partial charge >= 0.3 is 0 Å². The Bertz CT molecular complexity index is 515. The lowest BCUT2D eigenvalue weighted by Crippen LogP contribution is -2.44. The van der Waals surface area contributed by atoms with Crippen LogP contribution in [-0.4, -0.2) is 41.6 Å². The van der Waals surface area contributed by atoms with E-state index in [1.165, 1.54) is 0 Å². The number of hydrogen-bond donors (Lipinski definition) is 2. The van der Waals surface area contributed by atoms with Crippen molar-refractivity contribution in [1.29, 1.82) is 0 Å². The number of aromatic hydroxyl groups is 1. The molecule has 108 valence electrons. The largest absolute Gasteiger partial charge is 0.506 e. The summed E-state index contributed by atoms with van der Waals surface area (Å²) in [6.45, 7) is 2.59. The molecule has 2 fully saturated rings. The van der Waals surface area contributed by atoms with E-state index < -0.39 is 0 Å². The molecule has 2 atom stereocenters. The maximum atomic E-state index is 12.6. The van der Waals surface area contributed by atoms with Crippen molar-refractivity contribution in [3.63, 3.8) is 0 Å². The average molecular weight is 295 g/mol. The molecule has 2 saturated heterocycles. The predicted octanol–water partition coefficient (Wildman–Crippen LogP) is 2.11. The number of likely N-dealkylation sites (tertiary alicyclic amines) is 1. The van der Waals surface area contributed by atoms with E-state index in [4.69, 9.17) is 11.6 Å². The number of nitrogens with one attached hydrogen (secondary N) is 1. The van der Waals surface area contributed by atoms with Gasteiger partial charge in [-0.1, -0.05) is 17.7 Å². The molecule has 2 heterocycles. The van der Waals surface area contributed by atoms with Crippen molar-refractivity contribution >= 4 is 17.5 Å². The first kappa shape index (κ1) is 13.7. The highest BCUT2D eigenvalue weighted by Gasteiger charge is 2.37. The van der Waals surface area contributed by atoms with Crippen LogP contribution in [0.2, 0.25) is 5.02 Å². The Labute approximate surface area is 123 Å². The first-order chi connectivity index (χ1) is 9.66. The summed E-state index contributed by atoms with van der Waals surface area (Å²) in [4.78, 5) is 14.5. The van der Waals surface area contributed by atoms with Crippen LogP contribution in [0.4, 0.5) is 0 Å². The van der Waals surface area contributed by atoms with Gasteiger partial charge in [0.05, 0.1) is 11.1 Å². The lowest BCUT2D eigenvalue weighted by Gasteiger charge is -2.25. The molecular weight excluding hydrogens is 276 g/mol. The number of amides is 1. The topological polar surface area (TPSA) is 52.6 Å². The molecule has 20 heavy (non-hydrogen) atoms. The maximum absolute atomic E-state index is 12.6. The Balaban J connectivity index is 1.80. The molecule has 2 aliphatic rings. The van der Waals surface area contributed by atoms with E-state index in [0.29, 0.717) is 5.02 Å². The highest BCUT2D eigenvalue weighted by atomic mass is 35.5. The van der Waals surface area contributed by atoms with Gasteiger partial charge in [0.25, 0.3) is 0 Å². The van der Waals surface area contributed by atoms with Gasteiger partial charge in [-0.2, -0.15) is 0 Å². The molecule has 1 amide bonds. The van der Waals surface area contributed by atoms with E-state index in [0.717, 1.165) is 44.5 Å². The van der Waals surface area contributed by atoms with E-state index in [1.807, 2.05) is 11.0 Å². The third-order valence-electron chi connectivity index (χ3n) is 4.31. The van der Waals surface area contributed by atoms with Crippen molar-refractivity contribution in [3.8, 4) is 5.75 Å². The number of benzene rings is 1. The third-order valence-corrected chi connectivity index (χ3v) is 4.61. The molecule has 3 rings (SSSR count). The quantitative estimate of drug-likeness (QED) is 0.878. The molecule has 0 unspecified atom stereocenters. The lowest BCUT2D eigenvalue weighted by atomic mass is 9.91. The second-order valence-corrected chi connectivity index (χ2v) is 5.98. The summed E-state index contributed by atoms with van der Waals surface area (Å²) in [6, 6.07) is 5.09. The Morgan fingerprint density at radius 1 is 1.35 bits per heavy atom. The minimum absolute atomic E-state index is 0.0868. The standard InChI is InChI=1S/C15H19ClN2O2/c16-12-9-10(3-4-13(12)19)11-5-6-17-14(11)15(20)18-7-1-2-8-18/h3-4,9,11,14,17,19H,1-2,5-8H2/t11-,14-/m1/s1. The van der Waals surface area contributed by atoms with E-state index >= 15 is 0 Å². The molecule has 5 heteroatoms. The van der Waals surface area contributed by atoms with Crippen molar-refractivity contribution in [2.75, 3.05) is 19.6 Å². The van der Waals surface area contributed by atoms with Gasteiger partial charge in [0.15, 0.2) is 0 Å². The van der Waals surface area contributed by atoms with Crippen LogP contribution in [0.1, 0.15) is 30.7 Å². The molecule has 0 aromatic heterocycles. The zero-order valence-electron chi connectivity index (χ0n) is 11.3. The fourth-order valence-corrected chi connectivity index (χ4v) is 3.40. The SMILES string of the molecule is O=C([C@@H]1NCC[C@@H]1c1ccc(O)c(Cl)c1)N1CCCC1. The molecule has 0 spiro atoms. The highest BCUT2D eigenvalue weighted by molar-refractivity contribution is 6.32. The fourth-order valence-electron chi connectivity index (χ4n) is 3.21. The van der Waals surface area contributed by atoms with E-state index in [-0.39, 0.29) is 23.6 Å². The predicted molar refractivity (Wildman–Crippen MR) is 78.1 cm³/mol. The molecule has 2 N–H and O–H groups in total. The van der Waals surface area contributed by atoms with Crippen LogP contribution in [0.15, 0.2) is 18.2 Å². The number of carbonyl (C=O) groups excluding carboxylic acids is 1. The molecule has 0 saturated carbocycles. The van der Waals surface area contributed by atoms with Crippen LogP contribution in [0.3, 0.4) is 0 Å². The minimum atomic E-state index is -0.159. The second kappa shape index (κ2) is 5.62. The Hall–Kier alpha value is -1.26. The van der Waals surface area contributed by atoms with Gasteiger partial charge in [0.2, 0.25) is 5.91 Å². The van der Waals surface area contributed by atoms with Gasteiger partial charge in [0.1, 0.15) is 5.75 Å². The Morgan fingerprint density at radius 3 is 2.80 bits per heavy atom. The van der Waals surface area contributed by atoms with Gasteiger partial charge in [-0.3, -0.25) is 4.79 Å². The molecular formula is C15H19ClN2O2. The van der Waals surface area contributed by atoms with Crippen molar-refractivity contribution in [3.05, 3.63) is 28.8 Å². The molecule has 1 aromatic carbocycles. The van der Waals surface area contributed by atoms with Gasteiger partial charge in [0, 0.05) is 19.0 Å². The molecule has 2 aliphatic heterocycles. The third kappa shape index (κ3) is 2.50. The van der Waals surface area contributed by atoms with Crippen LogP contribution in [0.25, 0.3) is 0 Å². The Kier molecular flexibility index (Phi) is 3.85. The number of carbonyl (C=O) groups is 1. The van der Waals surface area contributed by atoms with E-state index in [9.17, 15) is 9.90 Å². The minimum Gasteiger partial charge on any atom is -0.506 e. The number of phenols is 1. The van der Waals surface area contributed by atoms with Crippen LogP contribution in [-0.2, 0) is 4.79 Å². The van der Waals surface area contributed by atoms with Crippen molar-refractivity contribution < 1.29 is 9.90 Å². The summed E-state index contributed by atoms with van der Waals surface area (Å²) < 4.78 is 0. The zero-order valence-corrected chi connectivity index (χ0v) is 12.1. The van der Waals surface area contributed by atoms with Crippen LogP contribution in [0.5, 0.6) is 5.75 Å². The van der Waals surface area contributed by atoms with E-state index in [2.05, 4.69) is 5.32 Å². The molecule has 0 bridgehead atoms. The summed E-state index contributed by atoms with van der Waals surface area (Å²) in [5.41, 5.74) is 1.02. The average Bonchev–Trinajstić information content (AvgIpc) is 3.11. The molecule has 1 aromatic rings. The number of hydrogen-bond acceptors (Lipinski definition) is 3. The van der Waals surface area contributed by atoms with Crippen molar-refractivity contribution in [1.82, 2.24) is 10.2 Å². The van der Waals surface area contributed by atoms with Gasteiger partial charge in [-0.05, 0) is 43.5 Å². The summed E-state index contributed by atoms with van der Waals surface area (Å²) in [5, 5.41) is 13.2. The Morgan fingerprint density at radius 2 is 2.10 bits per heavy atom. The van der Waals surface area contributed by atoms with Gasteiger partial charge in [-0.15, -0.1) is 0 Å². The molecule has 4 nitrogen and oxygen atoms in total. The highest BCUT2D eigenvalue weighted by Crippen LogP contribution is 2.33. The summed E-state index contributed by atoms with van der Waals surface area (Å²) >= 11 is 5.98. The van der Waals surface area contributed by atoms with Crippen molar-refractivity contribution in [2.45, 2.75) is 31.2 Å². The molecule has 0 radical (unpaired) electrons. The normalized spacial score (nSPS) is 26.1. The number of rotatable bonds is 2. The van der Waals surface area contributed by atoms with Gasteiger partial charge in [-0.25, -0.2) is 0 Å². The number of phenolic OH excluding ortho intramolecular Hbond substituents is 1. The van der Waals surface area contributed by atoms with E-state index in [1.54, 1.807) is 12.1 Å². The summed E-state index contributed by atoms with van der Waals surface area (Å²) in [7, 11) is 0.